The third-order valence-corrected chi connectivity index (χ3v) is 6.91. The molecule has 0 spiro atoms. The van der Waals surface area contributed by atoms with Crippen molar-refractivity contribution in [2.24, 2.45) is 0 Å². The molecule has 1 unspecified atom stereocenters. The molecule has 3 N–H and O–H groups in total. The van der Waals surface area contributed by atoms with Crippen LogP contribution in [0.3, 0.4) is 0 Å². The van der Waals surface area contributed by atoms with Crippen LogP contribution in [0.1, 0.15) is 22.0 Å². The second-order valence-corrected chi connectivity index (χ2v) is 9.51. The fraction of sp³-hybridized carbons (Fsp3) is 0.156. The molecule has 5 rings (SSSR count). The van der Waals surface area contributed by atoms with Crippen molar-refractivity contribution in [3.05, 3.63) is 102 Å². The number of fused-ring (bicyclic) bond motifs is 1. The largest absolute Gasteiger partial charge is 0.496 e. The number of hydrogen-bond acceptors (Lipinski definition) is 6. The number of methoxy groups -OCH3 is 2. The molecular weight excluding hydrogens is 520 g/mol. The number of aliphatic hydroxyl groups is 1. The van der Waals surface area contributed by atoms with Gasteiger partial charge in [0.15, 0.2) is 0 Å². The van der Waals surface area contributed by atoms with Crippen LogP contribution in [0.25, 0.3) is 33.3 Å². The summed E-state index contributed by atoms with van der Waals surface area (Å²) in [5, 5.41) is 14.2. The highest BCUT2D eigenvalue weighted by atomic mass is 16.5. The average molecular weight is 551 g/mol. The van der Waals surface area contributed by atoms with Crippen LogP contribution >= 0.6 is 0 Å². The topological polar surface area (TPSA) is 117 Å². The van der Waals surface area contributed by atoms with Crippen molar-refractivity contribution in [3.8, 4) is 28.0 Å². The van der Waals surface area contributed by atoms with E-state index >= 15 is 0 Å². The van der Waals surface area contributed by atoms with E-state index in [9.17, 15) is 14.7 Å². The third kappa shape index (κ3) is 5.75. The monoisotopic (exact) mass is 550 g/mol. The van der Waals surface area contributed by atoms with Crippen LogP contribution < -0.4 is 10.1 Å². The van der Waals surface area contributed by atoms with Gasteiger partial charge in [-0.2, -0.15) is 0 Å². The molecule has 0 saturated carbocycles. The van der Waals surface area contributed by atoms with E-state index in [2.05, 4.69) is 15.3 Å². The zero-order valence-corrected chi connectivity index (χ0v) is 22.9. The van der Waals surface area contributed by atoms with Gasteiger partial charge in [-0.25, -0.2) is 9.78 Å². The van der Waals surface area contributed by atoms with Gasteiger partial charge in [0.1, 0.15) is 11.4 Å². The van der Waals surface area contributed by atoms with Gasteiger partial charge < -0.3 is 24.5 Å². The number of benzene rings is 3. The van der Waals surface area contributed by atoms with Crippen LogP contribution in [0.2, 0.25) is 0 Å². The number of likely N-dealkylation sites (N-methyl/N-ethyl adjacent to an activating group) is 1. The van der Waals surface area contributed by atoms with E-state index in [1.165, 1.54) is 12.0 Å². The van der Waals surface area contributed by atoms with Gasteiger partial charge in [-0.1, -0.05) is 54.6 Å². The highest BCUT2D eigenvalue weighted by Gasteiger charge is 2.22. The Labute approximate surface area is 237 Å². The molecule has 208 valence electrons. The molecular formula is C32H30N4O5. The van der Waals surface area contributed by atoms with Crippen LogP contribution in [0, 0.1) is 0 Å². The Morgan fingerprint density at radius 2 is 1.73 bits per heavy atom. The fourth-order valence-corrected chi connectivity index (χ4v) is 4.75. The number of nitrogens with zero attached hydrogens (tertiary/aromatic N) is 2. The summed E-state index contributed by atoms with van der Waals surface area (Å²) >= 11 is 0. The molecule has 1 atom stereocenters. The standard InChI is InChI=1S/C32H30N4O5/c1-36(19-28(37)20-9-5-4-6-10-20)31(38)25-15-21(13-14-27(25)35-32(39)41-3)22-16-24-26(18-34-30(24)33-17-22)23-11-7-8-12-29(23)40-2/h4-18,28,37H,19H2,1-3H3,(H,33,34)(H,35,39). The average Bonchev–Trinajstić information content (AvgIpc) is 3.44. The Bertz CT molecular complexity index is 1700. The van der Waals surface area contributed by atoms with Crippen LogP contribution in [0.5, 0.6) is 5.75 Å². The van der Waals surface area contributed by atoms with Gasteiger partial charge in [0, 0.05) is 41.5 Å². The van der Waals surface area contributed by atoms with E-state index < -0.39 is 12.2 Å². The molecule has 5 aromatic rings. The fourth-order valence-electron chi connectivity index (χ4n) is 4.75. The molecule has 0 aliphatic rings. The van der Waals surface area contributed by atoms with Crippen molar-refractivity contribution >= 4 is 28.7 Å². The minimum absolute atomic E-state index is 0.0594. The number of anilines is 1. The smallest absolute Gasteiger partial charge is 0.411 e. The zero-order valence-electron chi connectivity index (χ0n) is 22.9. The first-order valence-electron chi connectivity index (χ1n) is 13.0. The van der Waals surface area contributed by atoms with Crippen molar-refractivity contribution in [2.75, 3.05) is 33.1 Å². The molecule has 9 nitrogen and oxygen atoms in total. The molecule has 2 amide bonds. The number of nitrogens with one attached hydrogen (secondary N) is 2. The lowest BCUT2D eigenvalue weighted by Crippen LogP contribution is -2.32. The molecule has 2 aromatic heterocycles. The van der Waals surface area contributed by atoms with Crippen molar-refractivity contribution in [1.82, 2.24) is 14.9 Å². The molecule has 0 saturated heterocycles. The minimum Gasteiger partial charge on any atom is -0.496 e. The van der Waals surface area contributed by atoms with Crippen molar-refractivity contribution in [3.63, 3.8) is 0 Å². The second-order valence-electron chi connectivity index (χ2n) is 9.51. The number of aromatic nitrogens is 2. The lowest BCUT2D eigenvalue weighted by atomic mass is 9.99. The Morgan fingerprint density at radius 1 is 0.976 bits per heavy atom. The molecule has 2 heterocycles. The first-order valence-corrected chi connectivity index (χ1v) is 13.0. The van der Waals surface area contributed by atoms with Crippen molar-refractivity contribution in [2.45, 2.75) is 6.10 Å². The zero-order chi connectivity index (χ0) is 28.9. The lowest BCUT2D eigenvalue weighted by molar-refractivity contribution is 0.0682. The first-order chi connectivity index (χ1) is 19.9. The summed E-state index contributed by atoms with van der Waals surface area (Å²) in [7, 11) is 4.50. The highest BCUT2D eigenvalue weighted by molar-refractivity contribution is 6.04. The van der Waals surface area contributed by atoms with Crippen LogP contribution in [-0.4, -0.2) is 59.8 Å². The maximum Gasteiger partial charge on any atom is 0.411 e. The van der Waals surface area contributed by atoms with Gasteiger partial charge in [0.05, 0.1) is 38.1 Å². The van der Waals surface area contributed by atoms with E-state index in [4.69, 9.17) is 9.47 Å². The summed E-state index contributed by atoms with van der Waals surface area (Å²) in [6.07, 6.45) is 2.05. The number of carbonyl (C=O) groups excluding carboxylic acids is 2. The second kappa shape index (κ2) is 11.9. The Kier molecular flexibility index (Phi) is 7.98. The van der Waals surface area contributed by atoms with Gasteiger partial charge in [-0.3, -0.25) is 10.1 Å². The van der Waals surface area contributed by atoms with Gasteiger partial charge in [-0.05, 0) is 35.4 Å². The van der Waals surface area contributed by atoms with E-state index in [1.807, 2.05) is 54.7 Å². The SMILES string of the molecule is COC(=O)Nc1ccc(-c2cnc3[nH]cc(-c4ccccc4OC)c3c2)cc1C(=O)N(C)CC(O)c1ccccc1. The Balaban J connectivity index is 1.52. The van der Waals surface area contributed by atoms with Crippen LogP contribution in [0.15, 0.2) is 91.3 Å². The minimum atomic E-state index is -0.876. The number of amides is 2. The molecule has 0 aliphatic heterocycles. The van der Waals surface area contributed by atoms with Gasteiger partial charge in [0.2, 0.25) is 0 Å². The highest BCUT2D eigenvalue weighted by Crippen LogP contribution is 2.36. The molecule has 0 radical (unpaired) electrons. The summed E-state index contributed by atoms with van der Waals surface area (Å²) < 4.78 is 10.3. The molecule has 9 heteroatoms. The quantitative estimate of drug-likeness (QED) is 0.222. The molecule has 41 heavy (non-hydrogen) atoms. The number of ether oxygens (including phenoxy) is 2. The number of rotatable bonds is 8. The predicted molar refractivity (Wildman–Crippen MR) is 158 cm³/mol. The van der Waals surface area contributed by atoms with Gasteiger partial charge in [-0.15, -0.1) is 0 Å². The van der Waals surface area contributed by atoms with E-state index in [0.717, 1.165) is 33.4 Å². The van der Waals surface area contributed by atoms with Gasteiger partial charge in [0.25, 0.3) is 5.91 Å². The summed E-state index contributed by atoms with van der Waals surface area (Å²) in [4.78, 5) is 35.0. The molecule has 0 aliphatic carbocycles. The lowest BCUT2D eigenvalue weighted by Gasteiger charge is -2.23. The predicted octanol–water partition coefficient (Wildman–Crippen LogP) is 5.89. The van der Waals surface area contributed by atoms with Gasteiger partial charge >= 0.3 is 6.09 Å². The molecule has 3 aromatic carbocycles. The summed E-state index contributed by atoms with van der Waals surface area (Å²) in [5.41, 5.74) is 5.30. The van der Waals surface area contributed by atoms with E-state index in [0.29, 0.717) is 11.2 Å². The number of aliphatic hydroxyl groups excluding tert-OH is 1. The maximum absolute atomic E-state index is 13.7. The van der Waals surface area contributed by atoms with Crippen LogP contribution in [0.4, 0.5) is 10.5 Å². The van der Waals surface area contributed by atoms with E-state index in [-0.39, 0.29) is 23.7 Å². The molecule has 0 fully saturated rings. The number of carbonyl (C=O) groups is 2. The summed E-state index contributed by atoms with van der Waals surface area (Å²) in [6.45, 7) is 0.0594. The Hall–Kier alpha value is -5.15. The normalized spacial score (nSPS) is 11.6. The number of pyridine rings is 1. The number of aromatic amines is 1. The van der Waals surface area contributed by atoms with Crippen LogP contribution in [-0.2, 0) is 4.74 Å². The number of para-hydroxylation sites is 1. The summed E-state index contributed by atoms with van der Waals surface area (Å²) in [5.74, 6) is 0.365. The Morgan fingerprint density at radius 3 is 2.49 bits per heavy atom. The van der Waals surface area contributed by atoms with Crippen molar-refractivity contribution < 1.29 is 24.2 Å². The third-order valence-electron chi connectivity index (χ3n) is 6.91. The molecule has 0 bridgehead atoms. The number of hydrogen-bond donors (Lipinski definition) is 3. The van der Waals surface area contributed by atoms with E-state index in [1.54, 1.807) is 50.7 Å². The summed E-state index contributed by atoms with van der Waals surface area (Å²) in [6, 6.07) is 24.0. The number of H-pyrrole nitrogens is 1. The van der Waals surface area contributed by atoms with Crippen molar-refractivity contribution in [1.29, 1.82) is 0 Å². The first kappa shape index (κ1) is 27.4. The maximum atomic E-state index is 13.7.